The topological polar surface area (TPSA) is 171 Å². The maximum atomic E-state index is 11.4. The molecule has 2 aromatic heterocycles. The van der Waals surface area contributed by atoms with Gasteiger partial charge < -0.3 is 24.7 Å². The van der Waals surface area contributed by atoms with Crippen molar-refractivity contribution in [2.45, 2.75) is 52.4 Å². The number of pyridine rings is 2. The number of amides is 2. The van der Waals surface area contributed by atoms with E-state index in [0.29, 0.717) is 12.8 Å². The van der Waals surface area contributed by atoms with E-state index in [1.807, 2.05) is 34.3 Å². The highest BCUT2D eigenvalue weighted by molar-refractivity contribution is 8.13. The monoisotopic (exact) mass is 898 g/mol. The Morgan fingerprint density at radius 2 is 0.918 bits per heavy atom. The molecule has 17 heteroatoms. The van der Waals surface area contributed by atoms with Gasteiger partial charge in [-0.2, -0.15) is 8.42 Å². The van der Waals surface area contributed by atoms with Gasteiger partial charge in [0.1, 0.15) is 0 Å². The predicted molar refractivity (Wildman–Crippen MR) is 241 cm³/mol. The number of halogens is 1. The Morgan fingerprint density at radius 3 is 1.21 bits per heavy atom. The summed E-state index contributed by atoms with van der Waals surface area (Å²) >= 11 is 0. The van der Waals surface area contributed by atoms with Gasteiger partial charge in [0.05, 0.1) is 42.9 Å². The molecule has 0 saturated carbocycles. The number of anilines is 2. The van der Waals surface area contributed by atoms with E-state index >= 15 is 0 Å². The fraction of sp³-hybridized carbons (Fsp3) is 0.455. The normalized spacial score (nSPS) is 14.4. The minimum absolute atomic E-state index is 0.137. The zero-order valence-corrected chi connectivity index (χ0v) is 38.0. The molecule has 14 nitrogen and oxygen atoms in total. The number of hydrogen-bond donors (Lipinski definition) is 1. The lowest BCUT2D eigenvalue weighted by molar-refractivity contribution is -0.129. The molecule has 2 fully saturated rings. The van der Waals surface area contributed by atoms with Crippen LogP contribution < -0.4 is 9.80 Å². The van der Waals surface area contributed by atoms with Crippen molar-refractivity contribution in [1.29, 1.82) is 0 Å². The second kappa shape index (κ2) is 24.1. The van der Waals surface area contributed by atoms with Gasteiger partial charge in [-0.3, -0.25) is 23.7 Å². The third-order valence-corrected chi connectivity index (χ3v) is 10.9. The lowest BCUT2D eigenvalue weighted by atomic mass is 10.0. The quantitative estimate of drug-likeness (QED) is 0.141. The van der Waals surface area contributed by atoms with E-state index in [1.54, 1.807) is 13.8 Å². The first kappa shape index (κ1) is 49.0. The number of nitrogens with zero attached hydrogens (tertiary/aromatic N) is 6. The molecule has 0 spiro atoms. The van der Waals surface area contributed by atoms with Crippen LogP contribution in [0.25, 0.3) is 0 Å². The molecule has 2 aliphatic rings. The Morgan fingerprint density at radius 1 is 0.574 bits per heavy atom. The molecule has 332 valence electrons. The SMILES string of the molecule is CC(=O)N1CCN(c2ccc(CCc3ccc(CCO)cc3)nc2)CC1.CC(=O)N1CCN(c2ccc(CCc3ccc(CCOS(C)(=O)=O)cc3)nc2)CC1.CS(=O)(=O)Cl. The van der Waals surface area contributed by atoms with Crippen LogP contribution in [0.5, 0.6) is 0 Å². The Bertz CT molecular complexity index is 2170. The predicted octanol–water partition coefficient (Wildman–Crippen LogP) is 4.31. The zero-order chi connectivity index (χ0) is 44.4. The van der Waals surface area contributed by atoms with Crippen LogP contribution in [0.15, 0.2) is 85.2 Å². The number of hydrogen-bond acceptors (Lipinski definition) is 12. The zero-order valence-electron chi connectivity index (χ0n) is 35.6. The van der Waals surface area contributed by atoms with E-state index in [1.165, 1.54) is 16.7 Å². The molecule has 4 heterocycles. The van der Waals surface area contributed by atoms with Gasteiger partial charge >= 0.3 is 0 Å². The molecule has 1 N–H and O–H groups in total. The van der Waals surface area contributed by atoms with Crippen LogP contribution in [0.2, 0.25) is 0 Å². The molecule has 2 aromatic carbocycles. The fourth-order valence-electron chi connectivity index (χ4n) is 6.79. The minimum Gasteiger partial charge on any atom is -0.396 e. The summed E-state index contributed by atoms with van der Waals surface area (Å²) in [4.78, 5) is 40.4. The van der Waals surface area contributed by atoms with Crippen LogP contribution in [-0.2, 0) is 71.5 Å². The molecule has 2 aliphatic heterocycles. The lowest BCUT2D eigenvalue weighted by Crippen LogP contribution is -2.48. The molecule has 0 radical (unpaired) electrons. The molecular weight excluding hydrogens is 840 g/mol. The summed E-state index contributed by atoms with van der Waals surface area (Å²) in [6.45, 7) is 10.1. The van der Waals surface area contributed by atoms with Crippen LogP contribution >= 0.6 is 10.7 Å². The Hall–Kier alpha value is -4.61. The van der Waals surface area contributed by atoms with Crippen molar-refractivity contribution in [3.05, 3.63) is 119 Å². The number of carbonyl (C=O) groups is 2. The number of carbonyl (C=O) groups excluding carboxylic acids is 2. The molecule has 0 atom stereocenters. The summed E-state index contributed by atoms with van der Waals surface area (Å²) < 4.78 is 45.6. The van der Waals surface area contributed by atoms with Crippen molar-refractivity contribution in [3.63, 3.8) is 0 Å². The summed E-state index contributed by atoms with van der Waals surface area (Å²) in [5, 5.41) is 8.97. The molecule has 6 rings (SSSR count). The van der Waals surface area contributed by atoms with Crippen LogP contribution in [0, 0.1) is 0 Å². The average molecular weight is 900 g/mol. The molecule has 0 bridgehead atoms. The fourth-order valence-corrected chi connectivity index (χ4v) is 7.18. The summed E-state index contributed by atoms with van der Waals surface area (Å²) in [7, 11) is -2.08. The lowest BCUT2D eigenvalue weighted by Gasteiger charge is -2.35. The van der Waals surface area contributed by atoms with E-state index in [9.17, 15) is 26.4 Å². The Kier molecular flexibility index (Phi) is 19.4. The second-order valence-electron chi connectivity index (χ2n) is 15.1. The van der Waals surface area contributed by atoms with Gasteiger partial charge in [0.15, 0.2) is 0 Å². The molecule has 2 saturated heterocycles. The average Bonchev–Trinajstić information content (AvgIpc) is 3.23. The van der Waals surface area contributed by atoms with Gasteiger partial charge in [0.25, 0.3) is 10.1 Å². The Labute approximate surface area is 366 Å². The number of benzene rings is 2. The van der Waals surface area contributed by atoms with Crippen molar-refractivity contribution in [3.8, 4) is 0 Å². The number of aliphatic hydroxyl groups is 1. The van der Waals surface area contributed by atoms with Gasteiger partial charge in [-0.1, -0.05) is 48.5 Å². The van der Waals surface area contributed by atoms with Gasteiger partial charge in [-0.15, -0.1) is 0 Å². The number of rotatable bonds is 14. The summed E-state index contributed by atoms with van der Waals surface area (Å²) in [5.74, 6) is 0.293. The van der Waals surface area contributed by atoms with Crippen molar-refractivity contribution in [1.82, 2.24) is 19.8 Å². The molecule has 61 heavy (non-hydrogen) atoms. The molecular formula is C44H59ClN6O8S2. The van der Waals surface area contributed by atoms with E-state index in [4.69, 9.17) is 9.29 Å². The molecule has 2 amide bonds. The number of aliphatic hydroxyl groups excluding tert-OH is 1. The van der Waals surface area contributed by atoms with Gasteiger partial charge in [0.2, 0.25) is 20.9 Å². The molecule has 4 aromatic rings. The highest BCUT2D eigenvalue weighted by atomic mass is 35.7. The number of aromatic nitrogens is 2. The number of piperazine rings is 2. The third kappa shape index (κ3) is 18.9. The standard InChI is InChI=1S/C22H29N3O4S.C21H27N3O2.CH3ClO2S/c1-18(26)24-12-14-25(15-13-24)22-10-9-21(23-17-22)8-7-19-3-5-20(6-4-19)11-16-29-30(2,27)28;1-17(26)23-11-13-24(14-12-23)21-9-8-20(22-16-21)7-6-18-2-4-19(5-3-18)10-15-25;1-5(2,3)4/h3-6,9-10,17H,7-8,11-16H2,1-2H3;2-5,8-9,16,25H,6-7,10-15H2,1H3;1H3. The van der Waals surface area contributed by atoms with Crippen molar-refractivity contribution >= 4 is 53.0 Å². The smallest absolute Gasteiger partial charge is 0.264 e. The first-order chi connectivity index (χ1) is 29.0. The van der Waals surface area contributed by atoms with Crippen LogP contribution in [0.1, 0.15) is 47.5 Å². The minimum atomic E-state index is -3.38. The highest BCUT2D eigenvalue weighted by Gasteiger charge is 2.20. The molecule has 0 aliphatic carbocycles. The van der Waals surface area contributed by atoms with Crippen LogP contribution in [0.4, 0.5) is 11.4 Å². The summed E-state index contributed by atoms with van der Waals surface area (Å²) in [6, 6.07) is 25.0. The third-order valence-electron chi connectivity index (χ3n) is 10.3. The van der Waals surface area contributed by atoms with Crippen molar-refractivity contribution in [2.75, 3.05) is 87.9 Å². The van der Waals surface area contributed by atoms with E-state index < -0.39 is 19.2 Å². The maximum absolute atomic E-state index is 11.4. The second-order valence-corrected chi connectivity index (χ2v) is 19.8. The van der Waals surface area contributed by atoms with E-state index in [-0.39, 0.29) is 25.0 Å². The maximum Gasteiger partial charge on any atom is 0.264 e. The summed E-state index contributed by atoms with van der Waals surface area (Å²) in [6.07, 6.45) is 10.8. The van der Waals surface area contributed by atoms with Crippen molar-refractivity contribution in [2.24, 2.45) is 0 Å². The van der Waals surface area contributed by atoms with Gasteiger partial charge in [0, 0.05) is 94.9 Å². The van der Waals surface area contributed by atoms with Crippen LogP contribution in [0.3, 0.4) is 0 Å². The largest absolute Gasteiger partial charge is 0.396 e. The van der Waals surface area contributed by atoms with Gasteiger partial charge in [-0.05, 0) is 85.0 Å². The Balaban J connectivity index is 0.000000244. The van der Waals surface area contributed by atoms with E-state index in [0.717, 1.165) is 119 Å². The van der Waals surface area contributed by atoms with Crippen molar-refractivity contribution < 1.29 is 35.7 Å². The first-order valence-corrected chi connectivity index (χ1v) is 24.9. The molecule has 0 unspecified atom stereocenters. The first-order valence-electron chi connectivity index (χ1n) is 20.4. The number of aryl methyl sites for hydroxylation is 4. The van der Waals surface area contributed by atoms with E-state index in [2.05, 4.69) is 91.1 Å². The highest BCUT2D eigenvalue weighted by Crippen LogP contribution is 2.19. The van der Waals surface area contributed by atoms with Gasteiger partial charge in [-0.25, -0.2) is 8.42 Å². The van der Waals surface area contributed by atoms with Crippen LogP contribution in [-0.4, -0.2) is 132 Å². The summed E-state index contributed by atoms with van der Waals surface area (Å²) in [5.41, 5.74) is 9.10.